The van der Waals surface area contributed by atoms with Crippen LogP contribution in [0.5, 0.6) is 5.75 Å². The number of benzene rings is 1. The van der Waals surface area contributed by atoms with Gasteiger partial charge in [-0.05, 0) is 68.9 Å². The molecule has 0 fully saturated rings. The summed E-state index contributed by atoms with van der Waals surface area (Å²) in [5.41, 5.74) is 2.37. The third-order valence-corrected chi connectivity index (χ3v) is 6.07. The first-order valence-electron chi connectivity index (χ1n) is 13.5. The summed E-state index contributed by atoms with van der Waals surface area (Å²) in [6, 6.07) is 8.85. The Morgan fingerprint density at radius 3 is 2.28 bits per heavy atom. The van der Waals surface area contributed by atoms with E-state index >= 15 is 0 Å². The maximum Gasteiger partial charge on any atom is 0.422 e. The molecule has 218 valence electrons. The van der Waals surface area contributed by atoms with Crippen LogP contribution in [0, 0.1) is 0 Å². The van der Waals surface area contributed by atoms with Gasteiger partial charge in [0.1, 0.15) is 5.75 Å². The second-order valence-electron chi connectivity index (χ2n) is 9.80. The molecule has 1 unspecified atom stereocenters. The van der Waals surface area contributed by atoms with Crippen molar-refractivity contribution in [3.63, 3.8) is 0 Å². The quantitative estimate of drug-likeness (QED) is 0.212. The Kier molecular flexibility index (Phi) is 13.4. The number of hydrogen-bond acceptors (Lipinski definition) is 5. The summed E-state index contributed by atoms with van der Waals surface area (Å²) in [7, 11) is 0. The van der Waals surface area contributed by atoms with Crippen LogP contribution < -0.4 is 4.74 Å². The minimum atomic E-state index is -4.59. The summed E-state index contributed by atoms with van der Waals surface area (Å²) in [4.78, 5) is 23.8. The number of aryl methyl sites for hydroxylation is 1. The zero-order chi connectivity index (χ0) is 28.8. The predicted molar refractivity (Wildman–Crippen MR) is 141 cm³/mol. The monoisotopic (exact) mass is 555 g/mol. The molecular weight excluding hydrogens is 515 g/mol. The number of unbranched alkanes of at least 4 members (excludes halogenated alkanes) is 4. The lowest BCUT2D eigenvalue weighted by Crippen LogP contribution is -2.29. The zero-order valence-electron chi connectivity index (χ0n) is 23.0. The van der Waals surface area contributed by atoms with Gasteiger partial charge in [0.25, 0.3) is 0 Å². The minimum Gasteiger partial charge on any atom is -0.494 e. The molecule has 1 aromatic heterocycles. The number of alkyl halides is 3. The van der Waals surface area contributed by atoms with E-state index < -0.39 is 30.9 Å². The average Bonchev–Trinajstić information content (AvgIpc) is 3.27. The Morgan fingerprint density at radius 2 is 1.67 bits per heavy atom. The average molecular weight is 556 g/mol. The molecular formula is C29H40F3NO6. The number of aliphatic carboxylic acids is 1. The predicted octanol–water partition coefficient (Wildman–Crippen LogP) is 6.98. The van der Waals surface area contributed by atoms with E-state index in [2.05, 4.69) is 11.7 Å². The van der Waals surface area contributed by atoms with E-state index in [9.17, 15) is 27.9 Å². The van der Waals surface area contributed by atoms with Crippen LogP contribution in [0.2, 0.25) is 0 Å². The zero-order valence-corrected chi connectivity index (χ0v) is 23.0. The van der Waals surface area contributed by atoms with Gasteiger partial charge in [-0.2, -0.15) is 13.2 Å². The SMILES string of the molecule is CCCCCCCc1ccn(C(=O)OCC(F)(F)F)c1CCCOc1ccc(CC(OC(C)C)C(=O)O)cc1. The van der Waals surface area contributed by atoms with Crippen molar-refractivity contribution in [2.45, 2.75) is 96.9 Å². The first-order valence-corrected chi connectivity index (χ1v) is 13.5. The molecule has 0 spiro atoms. The van der Waals surface area contributed by atoms with Gasteiger partial charge in [0.05, 0.1) is 12.7 Å². The van der Waals surface area contributed by atoms with Crippen LogP contribution in [0.25, 0.3) is 0 Å². The Balaban J connectivity index is 1.95. The second kappa shape index (κ2) is 16.2. The molecule has 0 saturated carbocycles. The van der Waals surface area contributed by atoms with E-state index in [1.54, 1.807) is 44.2 Å². The molecule has 1 aromatic carbocycles. The van der Waals surface area contributed by atoms with Gasteiger partial charge < -0.3 is 19.3 Å². The number of hydrogen-bond donors (Lipinski definition) is 1. The van der Waals surface area contributed by atoms with Crippen molar-refractivity contribution < 1.29 is 42.1 Å². The first-order chi connectivity index (χ1) is 18.5. The van der Waals surface area contributed by atoms with Crippen molar-refractivity contribution in [2.75, 3.05) is 13.2 Å². The van der Waals surface area contributed by atoms with Gasteiger partial charge in [0.15, 0.2) is 12.7 Å². The van der Waals surface area contributed by atoms with E-state index in [0.717, 1.165) is 49.7 Å². The van der Waals surface area contributed by atoms with E-state index in [4.69, 9.17) is 9.47 Å². The fraction of sp³-hybridized carbons (Fsp3) is 0.586. The standard InChI is InChI=1S/C29H40F3NO6/c1-4-5-6-7-8-10-23-16-17-33(28(36)38-20-29(30,31)32)25(23)11-9-18-37-24-14-12-22(13-15-24)19-26(27(34)35)39-21(2)3/h12-17,21,26H,4-11,18-20H2,1-3H3,(H,34,35). The largest absolute Gasteiger partial charge is 0.494 e. The number of carboxylic acids is 1. The minimum absolute atomic E-state index is 0.206. The van der Waals surface area contributed by atoms with Gasteiger partial charge in [-0.15, -0.1) is 0 Å². The molecule has 0 amide bonds. The third kappa shape index (κ3) is 12.1. The Hall–Kier alpha value is -3.01. The molecule has 1 N–H and O–H groups in total. The Labute approximate surface area is 228 Å². The number of halogens is 3. The number of carboxylic acid groups (broad SMARTS) is 1. The van der Waals surface area contributed by atoms with Crippen molar-refractivity contribution in [1.82, 2.24) is 4.57 Å². The molecule has 0 radical (unpaired) electrons. The lowest BCUT2D eigenvalue weighted by Gasteiger charge is -2.16. The number of carbonyl (C=O) groups excluding carboxylic acids is 1. The van der Waals surface area contributed by atoms with Gasteiger partial charge in [-0.3, -0.25) is 4.57 Å². The van der Waals surface area contributed by atoms with Crippen LogP contribution in [-0.4, -0.2) is 53.3 Å². The van der Waals surface area contributed by atoms with E-state index in [-0.39, 0.29) is 12.5 Å². The molecule has 0 aliphatic rings. The van der Waals surface area contributed by atoms with Crippen LogP contribution in [0.3, 0.4) is 0 Å². The number of ether oxygens (including phenoxy) is 3. The lowest BCUT2D eigenvalue weighted by atomic mass is 10.0. The molecule has 7 nitrogen and oxygen atoms in total. The molecule has 1 atom stereocenters. The highest BCUT2D eigenvalue weighted by Crippen LogP contribution is 2.21. The van der Waals surface area contributed by atoms with Crippen LogP contribution in [0.15, 0.2) is 36.5 Å². The summed E-state index contributed by atoms with van der Waals surface area (Å²) in [6.07, 6.45) is 2.02. The van der Waals surface area contributed by atoms with Crippen LogP contribution >= 0.6 is 0 Å². The number of carbonyl (C=O) groups is 2. The summed E-state index contributed by atoms with van der Waals surface area (Å²) >= 11 is 0. The summed E-state index contributed by atoms with van der Waals surface area (Å²) in [5.74, 6) is -0.414. The number of rotatable bonds is 17. The lowest BCUT2D eigenvalue weighted by molar-refractivity contribution is -0.160. The molecule has 0 aliphatic heterocycles. The highest BCUT2D eigenvalue weighted by molar-refractivity contribution is 5.73. The molecule has 0 saturated heterocycles. The molecule has 2 rings (SSSR count). The fourth-order valence-electron chi connectivity index (χ4n) is 4.20. The summed E-state index contributed by atoms with van der Waals surface area (Å²) in [6.45, 7) is 4.40. The van der Waals surface area contributed by atoms with E-state index in [1.807, 2.05) is 0 Å². The maximum atomic E-state index is 12.6. The summed E-state index contributed by atoms with van der Waals surface area (Å²) in [5, 5.41) is 9.35. The fourth-order valence-corrected chi connectivity index (χ4v) is 4.20. The Morgan fingerprint density at radius 1 is 0.974 bits per heavy atom. The van der Waals surface area contributed by atoms with Gasteiger partial charge in [-0.1, -0.05) is 44.7 Å². The highest BCUT2D eigenvalue weighted by Gasteiger charge is 2.30. The normalized spacial score (nSPS) is 12.5. The van der Waals surface area contributed by atoms with Crippen molar-refractivity contribution in [3.05, 3.63) is 53.3 Å². The van der Waals surface area contributed by atoms with Gasteiger partial charge in [-0.25, -0.2) is 9.59 Å². The molecule has 39 heavy (non-hydrogen) atoms. The van der Waals surface area contributed by atoms with Crippen molar-refractivity contribution in [3.8, 4) is 5.75 Å². The van der Waals surface area contributed by atoms with Crippen LogP contribution in [0.1, 0.15) is 76.1 Å². The Bertz CT molecular complexity index is 1020. The van der Waals surface area contributed by atoms with E-state index in [1.165, 1.54) is 10.8 Å². The third-order valence-electron chi connectivity index (χ3n) is 6.07. The van der Waals surface area contributed by atoms with Crippen LogP contribution in [-0.2, 0) is 33.5 Å². The highest BCUT2D eigenvalue weighted by atomic mass is 19.4. The molecule has 1 heterocycles. The maximum absolute atomic E-state index is 12.6. The topological polar surface area (TPSA) is 87.0 Å². The first kappa shape index (κ1) is 32.2. The smallest absolute Gasteiger partial charge is 0.422 e. The van der Waals surface area contributed by atoms with Gasteiger partial charge in [0, 0.05) is 18.3 Å². The van der Waals surface area contributed by atoms with Crippen molar-refractivity contribution in [1.29, 1.82) is 0 Å². The number of aromatic nitrogens is 1. The van der Waals surface area contributed by atoms with Gasteiger partial charge >= 0.3 is 18.2 Å². The van der Waals surface area contributed by atoms with Gasteiger partial charge in [0.2, 0.25) is 0 Å². The second-order valence-corrected chi connectivity index (χ2v) is 9.80. The van der Waals surface area contributed by atoms with Crippen molar-refractivity contribution >= 4 is 12.1 Å². The van der Waals surface area contributed by atoms with Crippen molar-refractivity contribution in [2.24, 2.45) is 0 Å². The molecule has 2 aromatic rings. The summed E-state index contributed by atoms with van der Waals surface area (Å²) < 4.78 is 54.6. The van der Waals surface area contributed by atoms with E-state index in [0.29, 0.717) is 30.9 Å². The molecule has 0 bridgehead atoms. The molecule has 0 aliphatic carbocycles. The molecule has 10 heteroatoms. The number of nitrogens with zero attached hydrogens (tertiary/aromatic N) is 1. The van der Waals surface area contributed by atoms with Crippen LogP contribution in [0.4, 0.5) is 18.0 Å².